The highest BCUT2D eigenvalue weighted by atomic mass is 32.2. The number of carbonyl (C=O) groups is 3. The van der Waals surface area contributed by atoms with E-state index in [1.165, 1.54) is 22.7 Å². The first kappa shape index (κ1) is 23.7. The Morgan fingerprint density at radius 2 is 1.84 bits per heavy atom. The fourth-order valence-electron chi connectivity index (χ4n) is 3.52. The van der Waals surface area contributed by atoms with E-state index in [0.29, 0.717) is 22.8 Å². The lowest BCUT2D eigenvalue weighted by molar-refractivity contribution is -0.138. The summed E-state index contributed by atoms with van der Waals surface area (Å²) in [6, 6.07) is 12.2. The van der Waals surface area contributed by atoms with Gasteiger partial charge < -0.3 is 21.1 Å². The number of nitrogens with two attached hydrogens (primary N) is 1. The molecule has 0 spiro atoms. The second kappa shape index (κ2) is 11.1. The summed E-state index contributed by atoms with van der Waals surface area (Å²) in [6.45, 7) is 0.280. The molecule has 0 aliphatic carbocycles. The molecule has 0 aromatic heterocycles. The Bertz CT molecular complexity index is 970. The first-order valence-electron chi connectivity index (χ1n) is 10.3. The molecule has 1 fully saturated rings. The van der Waals surface area contributed by atoms with Gasteiger partial charge in [0.15, 0.2) is 0 Å². The van der Waals surface area contributed by atoms with Crippen molar-refractivity contribution in [3.63, 3.8) is 0 Å². The van der Waals surface area contributed by atoms with Crippen LogP contribution in [0.5, 0.6) is 0 Å². The van der Waals surface area contributed by atoms with Crippen LogP contribution in [0.15, 0.2) is 48.5 Å². The van der Waals surface area contributed by atoms with Crippen LogP contribution in [0.2, 0.25) is 0 Å². The van der Waals surface area contributed by atoms with Gasteiger partial charge in [0.2, 0.25) is 11.8 Å². The summed E-state index contributed by atoms with van der Waals surface area (Å²) in [5.41, 5.74) is 8.07. The van der Waals surface area contributed by atoms with Gasteiger partial charge in [-0.05, 0) is 29.2 Å². The molecule has 2 amide bonds. The van der Waals surface area contributed by atoms with Crippen molar-refractivity contribution in [2.24, 2.45) is 5.73 Å². The number of halogens is 1. The van der Waals surface area contributed by atoms with Crippen LogP contribution in [0.4, 0.5) is 4.39 Å². The molecule has 0 radical (unpaired) electrons. The van der Waals surface area contributed by atoms with Crippen molar-refractivity contribution in [1.82, 2.24) is 10.2 Å². The second-order valence-electron chi connectivity index (χ2n) is 7.74. The minimum Gasteiger partial charge on any atom is -0.481 e. The maximum atomic E-state index is 13.8. The number of carbonyl (C=O) groups excluding carboxylic acids is 2. The third-order valence-electron chi connectivity index (χ3n) is 5.23. The number of nitrogens with one attached hydrogen (secondary N) is 1. The molecule has 3 rings (SSSR count). The Labute approximate surface area is 190 Å². The average Bonchev–Trinajstić information content (AvgIpc) is 3.24. The molecule has 4 N–H and O–H groups in total. The second-order valence-corrected chi connectivity index (χ2v) is 8.74. The number of amides is 2. The van der Waals surface area contributed by atoms with Crippen LogP contribution in [-0.2, 0) is 33.8 Å². The largest absolute Gasteiger partial charge is 0.481 e. The Balaban J connectivity index is 1.51. The van der Waals surface area contributed by atoms with Gasteiger partial charge >= 0.3 is 5.97 Å². The monoisotopic (exact) mass is 459 g/mol. The SMILES string of the molecule is N[C@@H](CC(=O)N1CSC[C@H]1C(=O)NCc1ccc(CC(=O)O)cc1)Cc1ccccc1F. The van der Waals surface area contributed by atoms with Crippen LogP contribution in [0, 0.1) is 5.82 Å². The zero-order valence-corrected chi connectivity index (χ0v) is 18.3. The zero-order chi connectivity index (χ0) is 23.1. The van der Waals surface area contributed by atoms with Gasteiger partial charge in [0.05, 0.1) is 12.3 Å². The molecule has 9 heteroatoms. The molecule has 1 saturated heterocycles. The number of carboxylic acids is 1. The smallest absolute Gasteiger partial charge is 0.307 e. The first-order chi connectivity index (χ1) is 15.3. The highest BCUT2D eigenvalue weighted by molar-refractivity contribution is 7.99. The van der Waals surface area contributed by atoms with Gasteiger partial charge in [0.1, 0.15) is 11.9 Å². The Kier molecular flexibility index (Phi) is 8.24. The molecule has 0 saturated carbocycles. The lowest BCUT2D eigenvalue weighted by Crippen LogP contribution is -2.48. The van der Waals surface area contributed by atoms with Crippen molar-refractivity contribution < 1.29 is 23.9 Å². The first-order valence-corrected chi connectivity index (χ1v) is 11.4. The van der Waals surface area contributed by atoms with E-state index in [2.05, 4.69) is 5.32 Å². The topological polar surface area (TPSA) is 113 Å². The van der Waals surface area contributed by atoms with Crippen molar-refractivity contribution in [1.29, 1.82) is 0 Å². The van der Waals surface area contributed by atoms with Gasteiger partial charge in [-0.2, -0.15) is 0 Å². The summed E-state index contributed by atoms with van der Waals surface area (Å²) < 4.78 is 13.8. The van der Waals surface area contributed by atoms with Crippen molar-refractivity contribution in [2.75, 3.05) is 11.6 Å². The van der Waals surface area contributed by atoms with Crippen molar-refractivity contribution in [2.45, 2.75) is 37.9 Å². The Hall–Kier alpha value is -2.91. The molecule has 170 valence electrons. The number of hydrogen-bond acceptors (Lipinski definition) is 5. The molecule has 32 heavy (non-hydrogen) atoms. The summed E-state index contributed by atoms with van der Waals surface area (Å²) in [5, 5.41) is 11.7. The third kappa shape index (κ3) is 6.54. The van der Waals surface area contributed by atoms with E-state index in [1.807, 2.05) is 0 Å². The van der Waals surface area contributed by atoms with E-state index in [-0.39, 0.29) is 43.4 Å². The average molecular weight is 460 g/mol. The normalized spacial score (nSPS) is 16.6. The van der Waals surface area contributed by atoms with Crippen molar-refractivity contribution in [3.8, 4) is 0 Å². The van der Waals surface area contributed by atoms with Crippen molar-refractivity contribution in [3.05, 3.63) is 71.0 Å². The molecular weight excluding hydrogens is 433 g/mol. The minimum absolute atomic E-state index is 0.0315. The van der Waals surface area contributed by atoms with Gasteiger partial charge in [0, 0.05) is 24.8 Å². The van der Waals surface area contributed by atoms with Gasteiger partial charge in [-0.3, -0.25) is 14.4 Å². The number of benzene rings is 2. The lowest BCUT2D eigenvalue weighted by Gasteiger charge is -2.24. The maximum absolute atomic E-state index is 13.8. The lowest BCUT2D eigenvalue weighted by atomic mass is 10.0. The fraction of sp³-hybridized carbons (Fsp3) is 0.348. The van der Waals surface area contributed by atoms with Gasteiger partial charge in [-0.1, -0.05) is 42.5 Å². The number of thioether (sulfide) groups is 1. The van der Waals surface area contributed by atoms with E-state index in [9.17, 15) is 18.8 Å². The number of aliphatic carboxylic acids is 1. The number of carboxylic acid groups (broad SMARTS) is 1. The van der Waals surface area contributed by atoms with E-state index in [4.69, 9.17) is 10.8 Å². The van der Waals surface area contributed by atoms with Gasteiger partial charge in [-0.25, -0.2) is 4.39 Å². The number of nitrogens with zero attached hydrogens (tertiary/aromatic N) is 1. The highest BCUT2D eigenvalue weighted by Crippen LogP contribution is 2.23. The predicted molar refractivity (Wildman–Crippen MR) is 120 cm³/mol. The fourth-order valence-corrected chi connectivity index (χ4v) is 4.70. The summed E-state index contributed by atoms with van der Waals surface area (Å²) in [4.78, 5) is 37.7. The minimum atomic E-state index is -0.900. The van der Waals surface area contributed by atoms with Crippen LogP contribution in [0.25, 0.3) is 0 Å². The van der Waals surface area contributed by atoms with Crippen molar-refractivity contribution >= 4 is 29.5 Å². The molecule has 1 heterocycles. The van der Waals surface area contributed by atoms with Crippen LogP contribution >= 0.6 is 11.8 Å². The standard InChI is InChI=1S/C23H26FN3O4S/c24-19-4-2-1-3-17(19)10-18(25)11-21(28)27-14-32-13-20(27)23(31)26-12-16-7-5-15(6-8-16)9-22(29)30/h1-8,18,20H,9-14,25H2,(H,26,31)(H,29,30)/t18-,20+/m1/s1. The van der Waals surface area contributed by atoms with Gasteiger partial charge in [-0.15, -0.1) is 11.8 Å². The molecule has 2 atom stereocenters. The van der Waals surface area contributed by atoms with Crippen LogP contribution in [0.3, 0.4) is 0 Å². The molecular formula is C23H26FN3O4S. The van der Waals surface area contributed by atoms with E-state index in [1.54, 1.807) is 42.5 Å². The maximum Gasteiger partial charge on any atom is 0.307 e. The highest BCUT2D eigenvalue weighted by Gasteiger charge is 2.34. The van der Waals surface area contributed by atoms with Gasteiger partial charge in [0.25, 0.3) is 0 Å². The molecule has 2 aromatic carbocycles. The summed E-state index contributed by atoms with van der Waals surface area (Å²) >= 11 is 1.50. The Morgan fingerprint density at radius 3 is 2.53 bits per heavy atom. The molecule has 0 bridgehead atoms. The Morgan fingerprint density at radius 1 is 1.16 bits per heavy atom. The summed E-state index contributed by atoms with van der Waals surface area (Å²) in [7, 11) is 0. The molecule has 1 aliphatic rings. The van der Waals surface area contributed by atoms with Crippen LogP contribution in [-0.4, -0.2) is 51.5 Å². The molecule has 1 aliphatic heterocycles. The van der Waals surface area contributed by atoms with E-state index >= 15 is 0 Å². The molecule has 0 unspecified atom stereocenters. The molecule has 7 nitrogen and oxygen atoms in total. The predicted octanol–water partition coefficient (Wildman–Crippen LogP) is 1.93. The zero-order valence-electron chi connectivity index (χ0n) is 17.5. The van der Waals surface area contributed by atoms with Crippen LogP contribution in [0.1, 0.15) is 23.1 Å². The number of hydrogen-bond donors (Lipinski definition) is 3. The quantitative estimate of drug-likeness (QED) is 0.528. The third-order valence-corrected chi connectivity index (χ3v) is 6.24. The summed E-state index contributed by atoms with van der Waals surface area (Å²) in [6.07, 6.45) is 0.222. The van der Waals surface area contributed by atoms with Crippen LogP contribution < -0.4 is 11.1 Å². The number of rotatable bonds is 9. The molecule has 2 aromatic rings. The summed E-state index contributed by atoms with van der Waals surface area (Å²) in [5.74, 6) is -0.813. The van der Waals surface area contributed by atoms with E-state index < -0.39 is 18.1 Å². The van der Waals surface area contributed by atoms with E-state index in [0.717, 1.165) is 5.56 Å².